The zero-order chi connectivity index (χ0) is 36.1. The monoisotopic (exact) mass is 685 g/mol. The van der Waals surface area contributed by atoms with Crippen molar-refractivity contribution in [1.82, 2.24) is 0 Å². The maximum Gasteiger partial charge on any atom is 0.322 e. The second-order valence-electron chi connectivity index (χ2n) is 15.7. The van der Waals surface area contributed by atoms with E-state index in [4.69, 9.17) is 5.84 Å². The van der Waals surface area contributed by atoms with Crippen LogP contribution in [0.1, 0.15) is 55.4 Å². The molecule has 7 aromatic rings. The average molecular weight is 686 g/mol. The summed E-state index contributed by atoms with van der Waals surface area (Å²) in [5, 5.41) is 4.01. The Kier molecular flexibility index (Phi) is 8.29. The van der Waals surface area contributed by atoms with Crippen LogP contribution in [-0.4, -0.2) is 6.85 Å². The van der Waals surface area contributed by atoms with Crippen LogP contribution in [-0.2, 0) is 11.8 Å². The minimum Gasteiger partial charge on any atom is -0.418 e. The Labute approximate surface area is 314 Å². The molecule has 0 aromatic heterocycles. The molecule has 0 fully saturated rings. The standard InChI is InChI=1S/C49H44BN3/c1-49(2,3)39-25-22-36(23-26-39)38-29-43-40(27-19-32-17-20-35(21-18-32)33-11-6-4-7-12-33)41-28-24-37(34-13-8-5-9-14-34)31-45(41)50-47(43)44(30-38)42-15-10-16-46(53-51)48(42)52-50/h4-18,20-26,28-31,40,52-53H,19,27,51H2,1-3H3. The lowest BCUT2D eigenvalue weighted by Crippen LogP contribution is -2.58. The number of anilines is 2. The summed E-state index contributed by atoms with van der Waals surface area (Å²) in [6.45, 7) is 6.81. The molecule has 9 rings (SSSR count). The van der Waals surface area contributed by atoms with E-state index in [1.165, 1.54) is 77.7 Å². The van der Waals surface area contributed by atoms with Gasteiger partial charge in [-0.05, 0) is 103 Å². The normalized spacial score (nSPS) is 14.1. The number of hydrogen-bond acceptors (Lipinski definition) is 3. The third-order valence-corrected chi connectivity index (χ3v) is 11.4. The van der Waals surface area contributed by atoms with Crippen LogP contribution in [0, 0.1) is 0 Å². The van der Waals surface area contributed by atoms with Crippen LogP contribution in [0.25, 0.3) is 44.5 Å². The first kappa shape index (κ1) is 33.0. The lowest BCUT2D eigenvalue weighted by Gasteiger charge is -2.39. The number of nitrogens with one attached hydrogen (secondary N) is 2. The first-order valence-corrected chi connectivity index (χ1v) is 18.8. The maximum absolute atomic E-state index is 6.16. The van der Waals surface area contributed by atoms with Gasteiger partial charge in [-0.1, -0.05) is 166 Å². The molecule has 0 saturated heterocycles. The number of fused-ring (bicyclic) bond motifs is 4. The van der Waals surface area contributed by atoms with E-state index >= 15 is 0 Å². The predicted octanol–water partition coefficient (Wildman–Crippen LogP) is 10.5. The molecule has 4 heteroatoms. The Bertz CT molecular complexity index is 2430. The predicted molar refractivity (Wildman–Crippen MR) is 226 cm³/mol. The highest BCUT2D eigenvalue weighted by atomic mass is 15.2. The van der Waals surface area contributed by atoms with Crippen LogP contribution in [0.2, 0.25) is 0 Å². The highest BCUT2D eigenvalue weighted by Crippen LogP contribution is 2.44. The average Bonchev–Trinajstić information content (AvgIpc) is 3.20. The van der Waals surface area contributed by atoms with E-state index in [2.05, 4.69) is 189 Å². The number of rotatable bonds is 7. The van der Waals surface area contributed by atoms with Gasteiger partial charge in [0.25, 0.3) is 0 Å². The fourth-order valence-corrected chi connectivity index (χ4v) is 8.58. The Balaban J connectivity index is 1.21. The van der Waals surface area contributed by atoms with Crippen molar-refractivity contribution in [2.45, 2.75) is 44.9 Å². The largest absolute Gasteiger partial charge is 0.418 e. The van der Waals surface area contributed by atoms with E-state index in [1.54, 1.807) is 0 Å². The van der Waals surface area contributed by atoms with Crippen LogP contribution in [0.5, 0.6) is 0 Å². The zero-order valence-electron chi connectivity index (χ0n) is 30.7. The lowest BCUT2D eigenvalue weighted by molar-refractivity contribution is 0.590. The van der Waals surface area contributed by atoms with Crippen LogP contribution in [0.3, 0.4) is 0 Å². The van der Waals surface area contributed by atoms with Crippen molar-refractivity contribution < 1.29 is 0 Å². The number of hydrazine groups is 1. The summed E-state index contributed by atoms with van der Waals surface area (Å²) in [5.41, 5.74) is 23.2. The summed E-state index contributed by atoms with van der Waals surface area (Å²) in [5.74, 6) is 6.38. The van der Waals surface area contributed by atoms with Gasteiger partial charge < -0.3 is 10.7 Å². The number of nitrogens with two attached hydrogens (primary N) is 1. The first-order chi connectivity index (χ1) is 25.9. The van der Waals surface area contributed by atoms with Crippen molar-refractivity contribution in [3.8, 4) is 44.5 Å². The van der Waals surface area contributed by atoms with Crippen molar-refractivity contribution in [2.75, 3.05) is 10.7 Å². The molecular formula is C49H44BN3. The third-order valence-electron chi connectivity index (χ3n) is 11.4. The molecule has 258 valence electrons. The van der Waals surface area contributed by atoms with Gasteiger partial charge in [-0.2, -0.15) is 0 Å². The van der Waals surface area contributed by atoms with Crippen LogP contribution in [0.15, 0.2) is 158 Å². The Morgan fingerprint density at radius 2 is 1.21 bits per heavy atom. The molecule has 0 amide bonds. The molecule has 53 heavy (non-hydrogen) atoms. The molecule has 0 aliphatic carbocycles. The Morgan fingerprint density at radius 3 is 1.89 bits per heavy atom. The van der Waals surface area contributed by atoms with E-state index in [0.717, 1.165) is 24.2 Å². The summed E-state index contributed by atoms with van der Waals surface area (Å²) in [7, 11) is 0. The van der Waals surface area contributed by atoms with Gasteiger partial charge in [0.2, 0.25) is 0 Å². The molecule has 0 radical (unpaired) electrons. The molecule has 1 unspecified atom stereocenters. The van der Waals surface area contributed by atoms with Crippen LogP contribution >= 0.6 is 0 Å². The van der Waals surface area contributed by atoms with E-state index in [9.17, 15) is 0 Å². The summed E-state index contributed by atoms with van der Waals surface area (Å²) < 4.78 is 0. The molecule has 2 heterocycles. The SMILES string of the molecule is CC(C)(C)c1ccc(-c2cc3c4c(c2)C(CCc2ccc(-c5ccccc5)cc2)c2ccc(-c5ccccc5)cc2B4Nc2c(NN)cccc2-3)cc1. The minimum absolute atomic E-state index is 0.0145. The van der Waals surface area contributed by atoms with E-state index in [0.29, 0.717) is 0 Å². The molecule has 0 spiro atoms. The fraction of sp³-hybridized carbons (Fsp3) is 0.143. The van der Waals surface area contributed by atoms with Crippen LogP contribution < -0.4 is 27.4 Å². The van der Waals surface area contributed by atoms with Gasteiger partial charge in [0.05, 0.1) is 11.4 Å². The van der Waals surface area contributed by atoms with Gasteiger partial charge in [-0.15, -0.1) is 0 Å². The van der Waals surface area contributed by atoms with Crippen LogP contribution in [0.4, 0.5) is 11.4 Å². The van der Waals surface area contributed by atoms with Crippen molar-refractivity contribution >= 4 is 29.1 Å². The van der Waals surface area contributed by atoms with Gasteiger partial charge in [0, 0.05) is 11.5 Å². The van der Waals surface area contributed by atoms with Crippen molar-refractivity contribution in [2.24, 2.45) is 5.84 Å². The summed E-state index contributed by atoms with van der Waals surface area (Å²) in [4.78, 5) is 0. The maximum atomic E-state index is 6.16. The number of nitrogen functional groups attached to an aromatic ring is 1. The summed E-state index contributed by atoms with van der Waals surface area (Å²) in [6, 6.07) is 58.2. The van der Waals surface area contributed by atoms with Gasteiger partial charge >= 0.3 is 6.85 Å². The van der Waals surface area contributed by atoms with E-state index in [1.807, 2.05) is 0 Å². The highest BCUT2D eigenvalue weighted by molar-refractivity contribution is 6.90. The first-order valence-electron chi connectivity index (χ1n) is 18.8. The quantitative estimate of drug-likeness (QED) is 0.0889. The van der Waals surface area contributed by atoms with E-state index < -0.39 is 0 Å². The van der Waals surface area contributed by atoms with Gasteiger partial charge in [0.15, 0.2) is 0 Å². The van der Waals surface area contributed by atoms with Crippen molar-refractivity contribution in [3.05, 3.63) is 180 Å². The fourth-order valence-electron chi connectivity index (χ4n) is 8.58. The van der Waals surface area contributed by atoms with Gasteiger partial charge in [0.1, 0.15) is 0 Å². The van der Waals surface area contributed by atoms with Crippen molar-refractivity contribution in [3.63, 3.8) is 0 Å². The lowest BCUT2D eigenvalue weighted by atomic mass is 9.41. The molecular weight excluding hydrogens is 641 g/mol. The molecule has 3 nitrogen and oxygen atoms in total. The topological polar surface area (TPSA) is 50.1 Å². The minimum atomic E-state index is -0.0145. The number of para-hydroxylation sites is 1. The third kappa shape index (κ3) is 6.03. The van der Waals surface area contributed by atoms with Crippen molar-refractivity contribution in [1.29, 1.82) is 0 Å². The smallest absolute Gasteiger partial charge is 0.322 e. The number of aryl methyl sites for hydroxylation is 1. The zero-order valence-corrected chi connectivity index (χ0v) is 30.7. The molecule has 1 atom stereocenters. The number of hydrogen-bond donors (Lipinski definition) is 3. The number of benzene rings is 7. The van der Waals surface area contributed by atoms with Gasteiger partial charge in [-0.3, -0.25) is 5.84 Å². The molecule has 7 aromatic carbocycles. The Morgan fingerprint density at radius 1 is 0.585 bits per heavy atom. The second kappa shape index (κ2) is 13.3. The molecule has 2 aliphatic heterocycles. The molecule has 0 bridgehead atoms. The summed E-state index contributed by atoms with van der Waals surface area (Å²) in [6.07, 6.45) is 1.99. The highest BCUT2D eigenvalue weighted by Gasteiger charge is 2.41. The van der Waals surface area contributed by atoms with Gasteiger partial charge in [-0.25, -0.2) is 0 Å². The second-order valence-corrected chi connectivity index (χ2v) is 15.7. The Hall–Kier alpha value is -5.84. The molecule has 0 saturated carbocycles. The summed E-state index contributed by atoms with van der Waals surface area (Å²) >= 11 is 0. The van der Waals surface area contributed by atoms with E-state index in [-0.39, 0.29) is 18.2 Å². The molecule has 4 N–H and O–H groups in total. The molecule has 2 aliphatic rings.